The van der Waals surface area contributed by atoms with Gasteiger partial charge in [0.15, 0.2) is 0 Å². The van der Waals surface area contributed by atoms with Crippen LogP contribution in [0.5, 0.6) is 0 Å². The Morgan fingerprint density at radius 1 is 1.08 bits per heavy atom. The quantitative estimate of drug-likeness (QED) is 0.842. The molecule has 5 nitrogen and oxygen atoms in total. The third-order valence-electron chi connectivity index (χ3n) is 4.75. The number of nitrogens with zero attached hydrogens (tertiary/aromatic N) is 5. The second-order valence-electron chi connectivity index (χ2n) is 6.47. The Labute approximate surface area is 139 Å². The summed E-state index contributed by atoms with van der Waals surface area (Å²) in [7, 11) is 0. The van der Waals surface area contributed by atoms with Gasteiger partial charge < -0.3 is 4.90 Å². The predicted molar refractivity (Wildman–Crippen MR) is 85.4 cm³/mol. The third-order valence-corrected chi connectivity index (χ3v) is 4.75. The van der Waals surface area contributed by atoms with Crippen LogP contribution in [0.4, 0.5) is 14.6 Å². The van der Waals surface area contributed by atoms with Gasteiger partial charge in [-0.25, -0.2) is 18.7 Å². The van der Waals surface area contributed by atoms with Crippen molar-refractivity contribution >= 4 is 5.82 Å². The minimum Gasteiger partial charge on any atom is -0.349 e. The smallest absolute Gasteiger partial charge is 0.148 e. The zero-order valence-corrected chi connectivity index (χ0v) is 13.3. The molecule has 3 heterocycles. The minimum absolute atomic E-state index is 0.102. The van der Waals surface area contributed by atoms with Gasteiger partial charge in [-0.2, -0.15) is 0 Å². The number of pyridine rings is 1. The van der Waals surface area contributed by atoms with E-state index in [1.165, 1.54) is 12.8 Å². The first-order chi connectivity index (χ1) is 11.7. The molecule has 1 atom stereocenters. The fraction of sp³-hybridized carbons (Fsp3) is 0.471. The standard InChI is InChI=1S/C17H19F2N5/c18-15-7-21-8-16(19)14(15)10-23-6-4-13(9-23)24(12-1-2-12)17-3-5-20-11-22-17/h3,5,7-8,11-13H,1-2,4,6,9-10H2. The maximum absolute atomic E-state index is 13.8. The summed E-state index contributed by atoms with van der Waals surface area (Å²) in [4.78, 5) is 16.4. The summed E-state index contributed by atoms with van der Waals surface area (Å²) in [5.74, 6) is -0.206. The number of rotatable bonds is 5. The van der Waals surface area contributed by atoms with Gasteiger partial charge in [-0.1, -0.05) is 0 Å². The fourth-order valence-corrected chi connectivity index (χ4v) is 3.46. The molecule has 1 aliphatic carbocycles. The van der Waals surface area contributed by atoms with E-state index in [0.717, 1.165) is 37.7 Å². The van der Waals surface area contributed by atoms with Crippen molar-refractivity contribution in [2.75, 3.05) is 18.0 Å². The molecule has 7 heteroatoms. The molecule has 2 aliphatic rings. The topological polar surface area (TPSA) is 45.2 Å². The van der Waals surface area contributed by atoms with E-state index in [1.807, 2.05) is 6.07 Å². The lowest BCUT2D eigenvalue weighted by Crippen LogP contribution is -2.40. The highest BCUT2D eigenvalue weighted by molar-refractivity contribution is 5.42. The van der Waals surface area contributed by atoms with Crippen molar-refractivity contribution in [2.45, 2.75) is 37.9 Å². The first kappa shape index (κ1) is 15.4. The van der Waals surface area contributed by atoms with Crippen molar-refractivity contribution in [3.63, 3.8) is 0 Å². The number of hydrogen-bond donors (Lipinski definition) is 0. The van der Waals surface area contributed by atoms with E-state index >= 15 is 0 Å². The van der Waals surface area contributed by atoms with E-state index in [4.69, 9.17) is 0 Å². The minimum atomic E-state index is -0.576. The van der Waals surface area contributed by atoms with Crippen molar-refractivity contribution in [3.8, 4) is 0 Å². The van der Waals surface area contributed by atoms with Crippen LogP contribution in [0.15, 0.2) is 31.0 Å². The van der Waals surface area contributed by atoms with Gasteiger partial charge in [0.1, 0.15) is 23.8 Å². The van der Waals surface area contributed by atoms with E-state index in [-0.39, 0.29) is 12.1 Å². The van der Waals surface area contributed by atoms with Crippen LogP contribution in [0, 0.1) is 11.6 Å². The van der Waals surface area contributed by atoms with Gasteiger partial charge in [-0.05, 0) is 25.3 Å². The molecular formula is C17H19F2N5. The first-order valence-electron chi connectivity index (χ1n) is 8.27. The second kappa shape index (κ2) is 6.39. The van der Waals surface area contributed by atoms with Gasteiger partial charge in [0.05, 0.1) is 12.4 Å². The molecule has 1 unspecified atom stereocenters. The van der Waals surface area contributed by atoms with Gasteiger partial charge in [0.2, 0.25) is 0 Å². The Bertz CT molecular complexity index is 687. The maximum atomic E-state index is 13.8. The van der Waals surface area contributed by atoms with Crippen LogP contribution >= 0.6 is 0 Å². The van der Waals surface area contributed by atoms with E-state index in [9.17, 15) is 8.78 Å². The number of hydrogen-bond acceptors (Lipinski definition) is 5. The van der Waals surface area contributed by atoms with Crippen molar-refractivity contribution in [3.05, 3.63) is 48.2 Å². The summed E-state index contributed by atoms with van der Waals surface area (Å²) in [6.45, 7) is 1.88. The Balaban J connectivity index is 1.47. The number of aromatic nitrogens is 3. The Morgan fingerprint density at radius 3 is 2.54 bits per heavy atom. The van der Waals surface area contributed by atoms with Gasteiger partial charge in [-0.3, -0.25) is 9.88 Å². The summed E-state index contributed by atoms with van der Waals surface area (Å²) in [5.41, 5.74) is 0.102. The lowest BCUT2D eigenvalue weighted by molar-refractivity contribution is 0.311. The van der Waals surface area contributed by atoms with Crippen LogP contribution in [0.3, 0.4) is 0 Å². The fourth-order valence-electron chi connectivity index (χ4n) is 3.46. The van der Waals surface area contributed by atoms with E-state index in [1.54, 1.807) is 12.5 Å². The summed E-state index contributed by atoms with van der Waals surface area (Å²) in [6.07, 6.45) is 8.79. The molecule has 0 aromatic carbocycles. The highest BCUT2D eigenvalue weighted by atomic mass is 19.1. The lowest BCUT2D eigenvalue weighted by atomic mass is 10.2. The molecule has 0 amide bonds. The normalized spacial score (nSPS) is 21.2. The van der Waals surface area contributed by atoms with Crippen molar-refractivity contribution in [2.24, 2.45) is 0 Å². The van der Waals surface area contributed by atoms with Crippen molar-refractivity contribution in [1.82, 2.24) is 19.9 Å². The van der Waals surface area contributed by atoms with Crippen molar-refractivity contribution < 1.29 is 8.78 Å². The molecule has 0 spiro atoms. The molecule has 1 saturated heterocycles. The number of halogens is 2. The van der Waals surface area contributed by atoms with E-state index in [0.29, 0.717) is 12.1 Å². The highest BCUT2D eigenvalue weighted by Gasteiger charge is 2.38. The SMILES string of the molecule is Fc1cncc(F)c1CN1CCC(N(c2ccncn2)C2CC2)C1. The summed E-state index contributed by atoms with van der Waals surface area (Å²) in [5, 5.41) is 0. The molecule has 126 valence electrons. The molecule has 1 aliphatic heterocycles. The Kier molecular flexibility index (Phi) is 4.10. The molecule has 0 bridgehead atoms. The molecule has 0 N–H and O–H groups in total. The summed E-state index contributed by atoms with van der Waals surface area (Å²) < 4.78 is 27.6. The van der Waals surface area contributed by atoms with E-state index < -0.39 is 11.6 Å². The monoisotopic (exact) mass is 331 g/mol. The van der Waals surface area contributed by atoms with Crippen LogP contribution in [-0.2, 0) is 6.54 Å². The number of anilines is 1. The number of likely N-dealkylation sites (tertiary alicyclic amines) is 1. The predicted octanol–water partition coefficient (Wildman–Crippen LogP) is 2.39. The third kappa shape index (κ3) is 3.08. The molecule has 4 rings (SSSR count). The van der Waals surface area contributed by atoms with Gasteiger partial charge in [0.25, 0.3) is 0 Å². The molecular weight excluding hydrogens is 312 g/mol. The second-order valence-corrected chi connectivity index (χ2v) is 6.47. The molecule has 1 saturated carbocycles. The highest BCUT2D eigenvalue weighted by Crippen LogP contribution is 2.35. The first-order valence-corrected chi connectivity index (χ1v) is 8.27. The Morgan fingerprint density at radius 2 is 1.88 bits per heavy atom. The van der Waals surface area contributed by atoms with Crippen LogP contribution in [0.2, 0.25) is 0 Å². The Hall–Kier alpha value is -2.15. The average Bonchev–Trinajstić information content (AvgIpc) is 3.31. The molecule has 0 radical (unpaired) electrons. The van der Waals surface area contributed by atoms with Gasteiger partial charge >= 0.3 is 0 Å². The zero-order valence-electron chi connectivity index (χ0n) is 13.3. The van der Waals surface area contributed by atoms with Crippen LogP contribution in [-0.4, -0.2) is 45.0 Å². The molecule has 2 aromatic heterocycles. The van der Waals surface area contributed by atoms with Gasteiger partial charge in [-0.15, -0.1) is 0 Å². The largest absolute Gasteiger partial charge is 0.349 e. The molecule has 2 fully saturated rings. The van der Waals surface area contributed by atoms with Crippen molar-refractivity contribution in [1.29, 1.82) is 0 Å². The molecule has 24 heavy (non-hydrogen) atoms. The van der Waals surface area contributed by atoms with Crippen LogP contribution < -0.4 is 4.90 Å². The average molecular weight is 331 g/mol. The van der Waals surface area contributed by atoms with Gasteiger partial charge in [0, 0.05) is 43.5 Å². The molecule has 2 aromatic rings. The lowest BCUT2D eigenvalue weighted by Gasteiger charge is -2.30. The summed E-state index contributed by atoms with van der Waals surface area (Å²) >= 11 is 0. The maximum Gasteiger partial charge on any atom is 0.148 e. The van der Waals surface area contributed by atoms with Crippen LogP contribution in [0.25, 0.3) is 0 Å². The zero-order chi connectivity index (χ0) is 16.5. The summed E-state index contributed by atoms with van der Waals surface area (Å²) in [6, 6.07) is 2.78. The van der Waals surface area contributed by atoms with Crippen LogP contribution in [0.1, 0.15) is 24.8 Å². The van der Waals surface area contributed by atoms with E-state index in [2.05, 4.69) is 24.8 Å².